The van der Waals surface area contributed by atoms with Crippen molar-refractivity contribution in [2.45, 2.75) is 6.92 Å². The lowest BCUT2D eigenvalue weighted by Gasteiger charge is -2.19. The number of amides is 3. The summed E-state index contributed by atoms with van der Waals surface area (Å²) < 4.78 is 27.4. The number of benzene rings is 2. The van der Waals surface area contributed by atoms with Gasteiger partial charge in [-0.3, -0.25) is 19.3 Å². The van der Waals surface area contributed by atoms with Crippen LogP contribution >= 0.6 is 34.4 Å². The highest BCUT2D eigenvalue weighted by molar-refractivity contribution is 14.1. The summed E-state index contributed by atoms with van der Waals surface area (Å²) in [5.41, 5.74) is 1.03. The van der Waals surface area contributed by atoms with E-state index in [1.807, 2.05) is 22.6 Å². The van der Waals surface area contributed by atoms with E-state index in [2.05, 4.69) is 10.1 Å². The molecule has 2 aromatic rings. The highest BCUT2D eigenvalue weighted by atomic mass is 127. The van der Waals surface area contributed by atoms with E-state index in [0.717, 1.165) is 16.7 Å². The molecule has 0 atom stereocenters. The molecular weight excluding hydrogens is 631 g/mol. The van der Waals surface area contributed by atoms with Gasteiger partial charge in [-0.2, -0.15) is 0 Å². The molecule has 11 nitrogen and oxygen atoms in total. The van der Waals surface area contributed by atoms with E-state index in [1.165, 1.54) is 7.11 Å². The van der Waals surface area contributed by atoms with Gasteiger partial charge in [0, 0.05) is 11.8 Å². The first-order valence-corrected chi connectivity index (χ1v) is 13.3. The van der Waals surface area contributed by atoms with E-state index in [0.29, 0.717) is 57.6 Å². The first kappa shape index (κ1) is 27.6. The van der Waals surface area contributed by atoms with Gasteiger partial charge < -0.3 is 29.0 Å². The Bertz CT molecular complexity index is 1310. The third-order valence-electron chi connectivity index (χ3n) is 5.19. The number of esters is 1. The number of halogens is 1. The average Bonchev–Trinajstić information content (AvgIpc) is 3.15. The van der Waals surface area contributed by atoms with Crippen molar-refractivity contribution in [2.75, 3.05) is 45.4 Å². The Kier molecular flexibility index (Phi) is 8.99. The van der Waals surface area contributed by atoms with Gasteiger partial charge in [0.15, 0.2) is 29.6 Å². The van der Waals surface area contributed by atoms with Crippen LogP contribution in [0.1, 0.15) is 12.5 Å². The Morgan fingerprint density at radius 2 is 1.89 bits per heavy atom. The van der Waals surface area contributed by atoms with Gasteiger partial charge in [0.1, 0.15) is 19.8 Å². The zero-order valence-electron chi connectivity index (χ0n) is 20.4. The number of nitrogens with one attached hydrogen (secondary N) is 1. The average molecular weight is 654 g/mol. The minimum Gasteiger partial charge on any atom is -0.490 e. The van der Waals surface area contributed by atoms with Crippen LogP contribution < -0.4 is 24.3 Å². The molecule has 13 heteroatoms. The number of hydrogen-bond donors (Lipinski definition) is 1. The Morgan fingerprint density at radius 3 is 2.63 bits per heavy atom. The smallest absolute Gasteiger partial charge is 0.343 e. The maximum atomic E-state index is 13.0. The van der Waals surface area contributed by atoms with Crippen molar-refractivity contribution >= 4 is 69.1 Å². The number of rotatable bonds is 9. The van der Waals surface area contributed by atoms with Crippen LogP contribution in [0.25, 0.3) is 6.08 Å². The van der Waals surface area contributed by atoms with Crippen molar-refractivity contribution in [3.8, 4) is 23.0 Å². The predicted octanol–water partition coefficient (Wildman–Crippen LogP) is 3.69. The molecule has 4 rings (SSSR count). The molecule has 0 bridgehead atoms. The fraction of sp³-hybridized carbons (Fsp3) is 0.280. The molecule has 0 unspecified atom stereocenters. The molecule has 0 aliphatic carbocycles. The maximum Gasteiger partial charge on any atom is 0.343 e. The van der Waals surface area contributed by atoms with Gasteiger partial charge in [0.05, 0.1) is 22.2 Å². The molecule has 2 aliphatic rings. The lowest BCUT2D eigenvalue weighted by Crippen LogP contribution is -2.36. The molecule has 0 spiro atoms. The number of carbonyl (C=O) groups is 4. The summed E-state index contributed by atoms with van der Waals surface area (Å²) in [6.45, 7) is 2.25. The van der Waals surface area contributed by atoms with E-state index < -0.39 is 29.6 Å². The maximum absolute atomic E-state index is 13.0. The summed E-state index contributed by atoms with van der Waals surface area (Å²) in [5.74, 6) is 0.147. The lowest BCUT2D eigenvalue weighted by molar-refractivity contribution is -0.143. The third kappa shape index (κ3) is 6.51. The third-order valence-corrected chi connectivity index (χ3v) is 6.90. The molecule has 0 saturated carbocycles. The van der Waals surface area contributed by atoms with E-state index in [4.69, 9.17) is 18.9 Å². The first-order chi connectivity index (χ1) is 18.3. The van der Waals surface area contributed by atoms with E-state index in [9.17, 15) is 19.2 Å². The van der Waals surface area contributed by atoms with Crippen molar-refractivity contribution in [2.24, 2.45) is 0 Å². The number of fused-ring (bicyclic) bond motifs is 1. The first-order valence-electron chi connectivity index (χ1n) is 11.4. The Balaban J connectivity index is 1.46. The number of imide groups is 1. The summed E-state index contributed by atoms with van der Waals surface area (Å²) >= 11 is 2.76. The molecule has 200 valence electrons. The molecule has 3 amide bonds. The Labute approximate surface area is 235 Å². The molecule has 0 aromatic heterocycles. The van der Waals surface area contributed by atoms with Crippen LogP contribution in [0.3, 0.4) is 0 Å². The number of carbonyl (C=O) groups excluding carboxylic acids is 4. The van der Waals surface area contributed by atoms with E-state index >= 15 is 0 Å². The second-order valence-electron chi connectivity index (χ2n) is 7.80. The minimum absolute atomic E-state index is 0.156. The zero-order valence-corrected chi connectivity index (χ0v) is 23.4. The normalized spacial score (nSPS) is 15.4. The van der Waals surface area contributed by atoms with Crippen molar-refractivity contribution in [3.63, 3.8) is 0 Å². The largest absolute Gasteiger partial charge is 0.490 e. The van der Waals surface area contributed by atoms with E-state index in [1.54, 1.807) is 43.3 Å². The number of nitrogens with zero attached hydrogens (tertiary/aromatic N) is 1. The summed E-state index contributed by atoms with van der Waals surface area (Å²) in [5, 5.41) is 2.11. The van der Waals surface area contributed by atoms with Crippen molar-refractivity contribution in [3.05, 3.63) is 44.4 Å². The van der Waals surface area contributed by atoms with Crippen molar-refractivity contribution < 1.29 is 42.9 Å². The van der Waals surface area contributed by atoms with Gasteiger partial charge in [-0.1, -0.05) is 0 Å². The van der Waals surface area contributed by atoms with Crippen molar-refractivity contribution in [1.82, 2.24) is 4.90 Å². The van der Waals surface area contributed by atoms with Crippen LogP contribution in [0.5, 0.6) is 23.0 Å². The lowest BCUT2D eigenvalue weighted by atomic mass is 10.2. The van der Waals surface area contributed by atoms with Crippen molar-refractivity contribution in [1.29, 1.82) is 0 Å². The van der Waals surface area contributed by atoms with Gasteiger partial charge in [-0.25, -0.2) is 4.79 Å². The molecule has 2 aliphatic heterocycles. The highest BCUT2D eigenvalue weighted by Gasteiger charge is 2.36. The van der Waals surface area contributed by atoms with Gasteiger partial charge in [0.25, 0.3) is 11.1 Å². The van der Waals surface area contributed by atoms with Gasteiger partial charge in [-0.15, -0.1) is 0 Å². The number of hydrogen-bond acceptors (Lipinski definition) is 10. The Hall–Kier alpha value is -3.46. The molecule has 0 radical (unpaired) electrons. The number of thioether (sulfide) groups is 1. The SMILES string of the molecule is CCOc1cc(/C=C2/SC(=O)N(CC(=O)Nc3ccc4c(c3)OCCO4)C2=O)cc(I)c1OCC(=O)OC. The van der Waals surface area contributed by atoms with Gasteiger partial charge in [0.2, 0.25) is 5.91 Å². The molecule has 1 N–H and O–H groups in total. The fourth-order valence-corrected chi connectivity index (χ4v) is 5.14. The number of ether oxygens (including phenoxy) is 5. The highest BCUT2D eigenvalue weighted by Crippen LogP contribution is 2.38. The summed E-state index contributed by atoms with van der Waals surface area (Å²) in [4.78, 5) is 50.6. The minimum atomic E-state index is -0.587. The van der Waals surface area contributed by atoms with Crippen LogP contribution in [-0.4, -0.2) is 68.0 Å². The zero-order chi connectivity index (χ0) is 27.2. The summed E-state index contributed by atoms with van der Waals surface area (Å²) in [7, 11) is 1.26. The fourth-order valence-electron chi connectivity index (χ4n) is 3.52. The summed E-state index contributed by atoms with van der Waals surface area (Å²) in [6, 6.07) is 8.31. The topological polar surface area (TPSA) is 130 Å². The van der Waals surface area contributed by atoms with Crippen LogP contribution in [-0.2, 0) is 19.1 Å². The van der Waals surface area contributed by atoms with Gasteiger partial charge in [-0.05, 0) is 77.2 Å². The van der Waals surface area contributed by atoms with Crippen LogP contribution in [0.4, 0.5) is 10.5 Å². The number of anilines is 1. The van der Waals surface area contributed by atoms with Crippen LogP contribution in [0, 0.1) is 3.57 Å². The Morgan fingerprint density at radius 1 is 1.13 bits per heavy atom. The van der Waals surface area contributed by atoms with Crippen LogP contribution in [0.2, 0.25) is 0 Å². The second-order valence-corrected chi connectivity index (χ2v) is 9.96. The molecule has 2 heterocycles. The quantitative estimate of drug-likeness (QED) is 0.243. The molecular formula is C25H23IN2O9S. The summed E-state index contributed by atoms with van der Waals surface area (Å²) in [6.07, 6.45) is 1.54. The van der Waals surface area contributed by atoms with E-state index in [-0.39, 0.29) is 11.5 Å². The standard InChI is InChI=1S/C25H23IN2O9S/c1-3-34-19-9-14(8-16(26)23(19)37-13-22(30)33-2)10-20-24(31)28(25(32)38-20)12-21(29)27-15-4-5-17-18(11-15)36-7-6-35-17/h4-5,8-11H,3,6-7,12-13H2,1-2H3,(H,27,29)/b20-10+. The number of methoxy groups -OCH3 is 1. The molecule has 1 fully saturated rings. The molecule has 38 heavy (non-hydrogen) atoms. The predicted molar refractivity (Wildman–Crippen MR) is 147 cm³/mol. The molecule has 1 saturated heterocycles. The van der Waals surface area contributed by atoms with Crippen LogP contribution in [0.15, 0.2) is 35.2 Å². The monoisotopic (exact) mass is 654 g/mol. The molecule has 2 aromatic carbocycles. The second kappa shape index (κ2) is 12.4. The van der Waals surface area contributed by atoms with Gasteiger partial charge >= 0.3 is 5.97 Å².